The second-order valence-electron chi connectivity index (χ2n) is 6.90. The fourth-order valence-corrected chi connectivity index (χ4v) is 3.40. The maximum absolute atomic E-state index is 12.8. The zero-order valence-electron chi connectivity index (χ0n) is 16.5. The lowest BCUT2D eigenvalue weighted by atomic mass is 9.96. The first kappa shape index (κ1) is 20.4. The van der Waals surface area contributed by atoms with Crippen LogP contribution < -0.4 is 4.74 Å². The van der Waals surface area contributed by atoms with E-state index in [1.807, 2.05) is 18.2 Å². The molecule has 0 saturated carbocycles. The first-order chi connectivity index (χ1) is 14.1. The highest BCUT2D eigenvalue weighted by atomic mass is 16.5. The summed E-state index contributed by atoms with van der Waals surface area (Å²) in [5.41, 5.74) is 1.92. The third kappa shape index (κ3) is 5.14. The van der Waals surface area contributed by atoms with Crippen LogP contribution in [0.1, 0.15) is 41.3 Å². The average Bonchev–Trinajstić information content (AvgIpc) is 2.78. The molecular formula is C23H24N2O4. The van der Waals surface area contributed by atoms with Crippen LogP contribution in [0.2, 0.25) is 0 Å². The molecule has 1 saturated heterocycles. The van der Waals surface area contributed by atoms with E-state index in [0.29, 0.717) is 49.4 Å². The first-order valence-corrected chi connectivity index (χ1v) is 9.79. The van der Waals surface area contributed by atoms with Crippen molar-refractivity contribution in [2.45, 2.75) is 26.4 Å². The number of piperidine rings is 1. The van der Waals surface area contributed by atoms with E-state index in [2.05, 4.69) is 6.07 Å². The summed E-state index contributed by atoms with van der Waals surface area (Å²) in [6, 6.07) is 16.5. The number of carbonyl (C=O) groups excluding carboxylic acids is 2. The molecule has 0 aromatic heterocycles. The molecule has 0 unspecified atom stereocenters. The lowest BCUT2D eigenvalue weighted by Gasteiger charge is -2.31. The molecule has 6 nitrogen and oxygen atoms in total. The number of nitrogens with zero attached hydrogens (tertiary/aromatic N) is 2. The van der Waals surface area contributed by atoms with Crippen molar-refractivity contribution < 1.29 is 19.1 Å². The number of esters is 1. The third-order valence-electron chi connectivity index (χ3n) is 5.02. The SMILES string of the molecule is CCOC(=O)C1CCN(C(=O)c2cccc(OCc3ccccc3C#N)c2)CC1. The Morgan fingerprint density at radius 2 is 1.90 bits per heavy atom. The Bertz CT molecular complexity index is 911. The molecule has 150 valence electrons. The fraction of sp³-hybridized carbons (Fsp3) is 0.348. The van der Waals surface area contributed by atoms with Crippen molar-refractivity contribution in [3.8, 4) is 11.8 Å². The van der Waals surface area contributed by atoms with Gasteiger partial charge < -0.3 is 14.4 Å². The van der Waals surface area contributed by atoms with E-state index in [4.69, 9.17) is 9.47 Å². The normalized spacial score (nSPS) is 14.1. The Labute approximate surface area is 170 Å². The lowest BCUT2D eigenvalue weighted by Crippen LogP contribution is -2.40. The second kappa shape index (κ2) is 9.74. The second-order valence-corrected chi connectivity index (χ2v) is 6.90. The lowest BCUT2D eigenvalue weighted by molar-refractivity contribution is -0.149. The van der Waals surface area contributed by atoms with Gasteiger partial charge >= 0.3 is 5.97 Å². The highest BCUT2D eigenvalue weighted by Crippen LogP contribution is 2.22. The first-order valence-electron chi connectivity index (χ1n) is 9.79. The molecule has 0 spiro atoms. The third-order valence-corrected chi connectivity index (χ3v) is 5.02. The largest absolute Gasteiger partial charge is 0.489 e. The van der Waals surface area contributed by atoms with Crippen LogP contribution in [-0.4, -0.2) is 36.5 Å². The van der Waals surface area contributed by atoms with E-state index in [0.717, 1.165) is 5.56 Å². The standard InChI is InChI=1S/C23H24N2O4/c1-2-28-23(27)17-10-12-25(13-11-17)22(26)18-8-5-9-21(14-18)29-16-20-7-4-3-6-19(20)15-24/h3-9,14,17H,2,10-13,16H2,1H3. The smallest absolute Gasteiger partial charge is 0.309 e. The van der Waals surface area contributed by atoms with Gasteiger partial charge in [-0.1, -0.05) is 24.3 Å². The number of amides is 1. The van der Waals surface area contributed by atoms with E-state index in [-0.39, 0.29) is 24.4 Å². The molecular weight excluding hydrogens is 368 g/mol. The summed E-state index contributed by atoms with van der Waals surface area (Å²) in [5.74, 6) is 0.196. The number of hydrogen-bond donors (Lipinski definition) is 0. The zero-order valence-corrected chi connectivity index (χ0v) is 16.5. The fourth-order valence-electron chi connectivity index (χ4n) is 3.40. The van der Waals surface area contributed by atoms with E-state index >= 15 is 0 Å². The molecule has 0 aliphatic carbocycles. The van der Waals surface area contributed by atoms with Crippen molar-refractivity contribution in [1.29, 1.82) is 5.26 Å². The van der Waals surface area contributed by atoms with Crippen LogP contribution in [0.3, 0.4) is 0 Å². The molecule has 2 aromatic rings. The summed E-state index contributed by atoms with van der Waals surface area (Å²) in [7, 11) is 0. The minimum Gasteiger partial charge on any atom is -0.489 e. The average molecular weight is 392 g/mol. The summed E-state index contributed by atoms with van der Waals surface area (Å²) in [6.07, 6.45) is 1.23. The number of carbonyl (C=O) groups is 2. The van der Waals surface area contributed by atoms with Crippen LogP contribution in [0.25, 0.3) is 0 Å². The van der Waals surface area contributed by atoms with Gasteiger partial charge in [0.1, 0.15) is 12.4 Å². The van der Waals surface area contributed by atoms with E-state index in [1.54, 1.807) is 42.2 Å². The molecule has 1 heterocycles. The van der Waals surface area contributed by atoms with Gasteiger partial charge in [-0.15, -0.1) is 0 Å². The Hall–Kier alpha value is -3.33. The minimum atomic E-state index is -0.173. The summed E-state index contributed by atoms with van der Waals surface area (Å²) in [5, 5.41) is 9.17. The van der Waals surface area contributed by atoms with Crippen molar-refractivity contribution in [3.63, 3.8) is 0 Å². The highest BCUT2D eigenvalue weighted by Gasteiger charge is 2.28. The van der Waals surface area contributed by atoms with E-state index in [9.17, 15) is 14.9 Å². The monoisotopic (exact) mass is 392 g/mol. The maximum Gasteiger partial charge on any atom is 0.309 e. The van der Waals surface area contributed by atoms with Crippen LogP contribution in [-0.2, 0) is 16.1 Å². The molecule has 3 rings (SSSR count). The van der Waals surface area contributed by atoms with Gasteiger partial charge in [0.05, 0.1) is 24.2 Å². The predicted octanol–water partition coefficient (Wildman–Crippen LogP) is 3.55. The van der Waals surface area contributed by atoms with Crippen LogP contribution in [0.5, 0.6) is 5.75 Å². The van der Waals surface area contributed by atoms with Gasteiger partial charge in [-0.2, -0.15) is 5.26 Å². The van der Waals surface area contributed by atoms with Gasteiger partial charge in [0.25, 0.3) is 5.91 Å². The van der Waals surface area contributed by atoms with Gasteiger partial charge in [-0.05, 0) is 44.0 Å². The Morgan fingerprint density at radius 3 is 2.62 bits per heavy atom. The molecule has 6 heteroatoms. The number of likely N-dealkylation sites (tertiary alicyclic amines) is 1. The van der Waals surface area contributed by atoms with Gasteiger partial charge in [0, 0.05) is 24.2 Å². The number of rotatable bonds is 6. The van der Waals surface area contributed by atoms with Crippen LogP contribution in [0.15, 0.2) is 48.5 Å². The Kier molecular flexibility index (Phi) is 6.85. The van der Waals surface area contributed by atoms with Gasteiger partial charge in [-0.3, -0.25) is 9.59 Å². The topological polar surface area (TPSA) is 79.6 Å². The van der Waals surface area contributed by atoms with E-state index < -0.39 is 0 Å². The molecule has 1 amide bonds. The molecule has 0 N–H and O–H groups in total. The highest BCUT2D eigenvalue weighted by molar-refractivity contribution is 5.94. The molecule has 0 bridgehead atoms. The van der Waals surface area contributed by atoms with Crippen LogP contribution in [0, 0.1) is 17.2 Å². The summed E-state index contributed by atoms with van der Waals surface area (Å²) in [6.45, 7) is 3.49. The van der Waals surface area contributed by atoms with Crippen molar-refractivity contribution in [2.24, 2.45) is 5.92 Å². The van der Waals surface area contributed by atoms with E-state index in [1.165, 1.54) is 0 Å². The Morgan fingerprint density at radius 1 is 1.14 bits per heavy atom. The molecule has 2 aromatic carbocycles. The molecule has 1 aliphatic rings. The van der Waals surface area contributed by atoms with Crippen LogP contribution >= 0.6 is 0 Å². The molecule has 1 aliphatic heterocycles. The van der Waals surface area contributed by atoms with Gasteiger partial charge in [0.2, 0.25) is 0 Å². The summed E-state index contributed by atoms with van der Waals surface area (Å²) < 4.78 is 10.9. The summed E-state index contributed by atoms with van der Waals surface area (Å²) >= 11 is 0. The maximum atomic E-state index is 12.8. The molecule has 0 radical (unpaired) electrons. The minimum absolute atomic E-state index is 0.0739. The van der Waals surface area contributed by atoms with Crippen molar-refractivity contribution in [3.05, 3.63) is 65.2 Å². The van der Waals surface area contributed by atoms with Gasteiger partial charge in [-0.25, -0.2) is 0 Å². The summed E-state index contributed by atoms with van der Waals surface area (Å²) in [4.78, 5) is 26.5. The van der Waals surface area contributed by atoms with Crippen molar-refractivity contribution >= 4 is 11.9 Å². The predicted molar refractivity (Wildman–Crippen MR) is 107 cm³/mol. The molecule has 0 atom stereocenters. The van der Waals surface area contributed by atoms with Crippen molar-refractivity contribution in [2.75, 3.05) is 19.7 Å². The molecule has 1 fully saturated rings. The van der Waals surface area contributed by atoms with Gasteiger partial charge in [0.15, 0.2) is 0 Å². The number of hydrogen-bond acceptors (Lipinski definition) is 5. The van der Waals surface area contributed by atoms with Crippen LogP contribution in [0.4, 0.5) is 0 Å². The quantitative estimate of drug-likeness (QED) is 0.703. The van der Waals surface area contributed by atoms with Crippen molar-refractivity contribution in [1.82, 2.24) is 4.90 Å². The Balaban J connectivity index is 1.60. The number of nitriles is 1. The number of benzene rings is 2. The zero-order chi connectivity index (χ0) is 20.6. The molecule has 29 heavy (non-hydrogen) atoms. The number of ether oxygens (including phenoxy) is 2.